The summed E-state index contributed by atoms with van der Waals surface area (Å²) in [6.07, 6.45) is 1.93. The number of hydrogen-bond donors (Lipinski definition) is 1. The number of nitrogens with zero attached hydrogens (tertiary/aromatic N) is 3. The number of aliphatic hydroxyl groups excluding tert-OH is 1. The molecular weight excluding hydrogens is 254 g/mol. The van der Waals surface area contributed by atoms with Gasteiger partial charge in [-0.15, -0.1) is 0 Å². The minimum absolute atomic E-state index is 0.186. The van der Waals surface area contributed by atoms with Gasteiger partial charge in [-0.25, -0.2) is 4.98 Å². The number of imidazole rings is 1. The zero-order valence-corrected chi connectivity index (χ0v) is 11.2. The molecule has 20 heavy (non-hydrogen) atoms. The van der Waals surface area contributed by atoms with Crippen LogP contribution in [0.3, 0.4) is 0 Å². The molecule has 2 aliphatic heterocycles. The summed E-state index contributed by atoms with van der Waals surface area (Å²) >= 11 is 0. The average Bonchev–Trinajstić information content (AvgIpc) is 2.84. The van der Waals surface area contributed by atoms with Crippen molar-refractivity contribution < 1.29 is 9.90 Å². The molecule has 1 N–H and O–H groups in total. The predicted molar refractivity (Wildman–Crippen MR) is 76.1 cm³/mol. The molecule has 2 aromatic rings. The van der Waals surface area contributed by atoms with Crippen molar-refractivity contribution >= 4 is 22.8 Å². The largest absolute Gasteiger partial charge is 0.393 e. The third-order valence-electron chi connectivity index (χ3n) is 4.36. The van der Waals surface area contributed by atoms with Crippen molar-refractivity contribution in [3.63, 3.8) is 0 Å². The first-order valence-corrected chi connectivity index (χ1v) is 7.19. The Hall–Kier alpha value is -1.88. The van der Waals surface area contributed by atoms with Crippen LogP contribution in [0.15, 0.2) is 18.2 Å². The van der Waals surface area contributed by atoms with Crippen LogP contribution in [0.2, 0.25) is 0 Å². The SMILES string of the molecule is O=C1CCn2c(N3CCC(O)CC3)nc3cccc1c32. The molecule has 0 atom stereocenters. The Morgan fingerprint density at radius 1 is 1.20 bits per heavy atom. The van der Waals surface area contributed by atoms with Crippen LogP contribution in [0.4, 0.5) is 5.95 Å². The van der Waals surface area contributed by atoms with E-state index in [0.29, 0.717) is 13.0 Å². The van der Waals surface area contributed by atoms with Gasteiger partial charge in [-0.3, -0.25) is 4.79 Å². The van der Waals surface area contributed by atoms with Gasteiger partial charge in [-0.05, 0) is 25.0 Å². The van der Waals surface area contributed by atoms with E-state index < -0.39 is 0 Å². The first kappa shape index (κ1) is 11.9. The van der Waals surface area contributed by atoms with Crippen LogP contribution in [0.1, 0.15) is 29.6 Å². The number of Topliss-reactive ketones (excluding diaryl/α,β-unsaturated/α-hetero) is 1. The molecule has 0 spiro atoms. The smallest absolute Gasteiger partial charge is 0.206 e. The second-order valence-corrected chi connectivity index (χ2v) is 5.63. The summed E-state index contributed by atoms with van der Waals surface area (Å²) in [6, 6.07) is 5.77. The zero-order chi connectivity index (χ0) is 13.7. The zero-order valence-electron chi connectivity index (χ0n) is 11.2. The highest BCUT2D eigenvalue weighted by Gasteiger charge is 2.27. The Labute approximate surface area is 116 Å². The fourth-order valence-corrected chi connectivity index (χ4v) is 3.27. The van der Waals surface area contributed by atoms with Crippen LogP contribution < -0.4 is 4.90 Å². The van der Waals surface area contributed by atoms with Crippen LogP contribution in [0.5, 0.6) is 0 Å². The van der Waals surface area contributed by atoms with E-state index in [9.17, 15) is 9.90 Å². The van der Waals surface area contributed by atoms with Crippen molar-refractivity contribution in [1.29, 1.82) is 0 Å². The first-order chi connectivity index (χ1) is 9.74. The maximum Gasteiger partial charge on any atom is 0.206 e. The molecular formula is C15H17N3O2. The van der Waals surface area contributed by atoms with Crippen LogP contribution in [0.25, 0.3) is 11.0 Å². The van der Waals surface area contributed by atoms with Crippen molar-refractivity contribution in [3.05, 3.63) is 23.8 Å². The van der Waals surface area contributed by atoms with E-state index in [1.165, 1.54) is 0 Å². The Morgan fingerprint density at radius 2 is 2.00 bits per heavy atom. The fourth-order valence-electron chi connectivity index (χ4n) is 3.27. The van der Waals surface area contributed by atoms with Gasteiger partial charge in [0.25, 0.3) is 0 Å². The number of para-hydroxylation sites is 1. The molecule has 1 aromatic heterocycles. The fraction of sp³-hybridized carbons (Fsp3) is 0.467. The topological polar surface area (TPSA) is 58.4 Å². The van der Waals surface area contributed by atoms with Gasteiger partial charge < -0.3 is 14.6 Å². The van der Waals surface area contributed by atoms with E-state index in [0.717, 1.165) is 48.5 Å². The summed E-state index contributed by atoms with van der Waals surface area (Å²) in [4.78, 5) is 19.0. The normalized spacial score (nSPS) is 19.9. The van der Waals surface area contributed by atoms with Gasteiger partial charge in [0, 0.05) is 31.6 Å². The van der Waals surface area contributed by atoms with Crippen molar-refractivity contribution in [3.8, 4) is 0 Å². The molecule has 0 radical (unpaired) electrons. The molecule has 5 nitrogen and oxygen atoms in total. The monoisotopic (exact) mass is 271 g/mol. The maximum atomic E-state index is 12.0. The molecule has 0 amide bonds. The number of carbonyl (C=O) groups is 1. The molecule has 3 heterocycles. The lowest BCUT2D eigenvalue weighted by molar-refractivity contribution is 0.0973. The quantitative estimate of drug-likeness (QED) is 0.855. The van der Waals surface area contributed by atoms with E-state index in [1.54, 1.807) is 0 Å². The molecule has 2 aliphatic rings. The molecule has 0 bridgehead atoms. The third-order valence-corrected chi connectivity index (χ3v) is 4.36. The van der Waals surface area contributed by atoms with Gasteiger partial charge in [0.1, 0.15) is 0 Å². The van der Waals surface area contributed by atoms with Crippen LogP contribution >= 0.6 is 0 Å². The molecule has 1 fully saturated rings. The van der Waals surface area contributed by atoms with E-state index >= 15 is 0 Å². The van der Waals surface area contributed by atoms with Crippen LogP contribution in [0, 0.1) is 0 Å². The van der Waals surface area contributed by atoms with Gasteiger partial charge in [0.05, 0.1) is 17.1 Å². The van der Waals surface area contributed by atoms with Gasteiger partial charge in [0.15, 0.2) is 5.78 Å². The molecule has 104 valence electrons. The Bertz CT molecular complexity index is 684. The average molecular weight is 271 g/mol. The summed E-state index contributed by atoms with van der Waals surface area (Å²) in [7, 11) is 0. The molecule has 0 aliphatic carbocycles. The second kappa shape index (κ2) is 4.31. The first-order valence-electron chi connectivity index (χ1n) is 7.19. The predicted octanol–water partition coefficient (Wildman–Crippen LogP) is 1.58. The Kier molecular flexibility index (Phi) is 2.57. The number of piperidine rings is 1. The van der Waals surface area contributed by atoms with Crippen molar-refractivity contribution in [1.82, 2.24) is 9.55 Å². The molecule has 1 aromatic carbocycles. The Morgan fingerprint density at radius 3 is 2.80 bits per heavy atom. The summed E-state index contributed by atoms with van der Waals surface area (Å²) in [5.41, 5.74) is 2.67. The number of aromatic nitrogens is 2. The lowest BCUT2D eigenvalue weighted by atomic mass is 10.0. The standard InChI is InChI=1S/C15H17N3O2/c19-10-4-7-17(8-5-10)15-16-12-3-1-2-11-13(20)6-9-18(15)14(11)12/h1-3,10,19H,4-9H2. The summed E-state index contributed by atoms with van der Waals surface area (Å²) in [5.74, 6) is 1.16. The lowest BCUT2D eigenvalue weighted by Crippen LogP contribution is -2.37. The molecule has 4 rings (SSSR count). The molecule has 1 saturated heterocycles. The Balaban J connectivity index is 1.84. The molecule has 0 unspecified atom stereocenters. The lowest BCUT2D eigenvalue weighted by Gasteiger charge is -2.31. The van der Waals surface area contributed by atoms with Crippen LogP contribution in [-0.4, -0.2) is 39.6 Å². The number of benzene rings is 1. The van der Waals surface area contributed by atoms with E-state index in [2.05, 4.69) is 9.47 Å². The maximum absolute atomic E-state index is 12.0. The number of hydrogen-bond acceptors (Lipinski definition) is 4. The summed E-state index contributed by atoms with van der Waals surface area (Å²) in [5, 5.41) is 9.63. The number of rotatable bonds is 1. The van der Waals surface area contributed by atoms with E-state index in [-0.39, 0.29) is 11.9 Å². The van der Waals surface area contributed by atoms with Gasteiger partial charge >= 0.3 is 0 Å². The van der Waals surface area contributed by atoms with Crippen LogP contribution in [-0.2, 0) is 6.54 Å². The number of carbonyl (C=O) groups excluding carboxylic acids is 1. The summed E-state index contributed by atoms with van der Waals surface area (Å²) in [6.45, 7) is 2.36. The highest BCUT2D eigenvalue weighted by Crippen LogP contribution is 2.31. The molecule has 0 saturated carbocycles. The van der Waals surface area contributed by atoms with Gasteiger partial charge in [-0.1, -0.05) is 6.07 Å². The minimum atomic E-state index is -0.186. The van der Waals surface area contributed by atoms with Crippen molar-refractivity contribution in [2.45, 2.75) is 31.9 Å². The second-order valence-electron chi connectivity index (χ2n) is 5.63. The number of aliphatic hydroxyl groups is 1. The van der Waals surface area contributed by atoms with Gasteiger partial charge in [0.2, 0.25) is 5.95 Å². The highest BCUT2D eigenvalue weighted by atomic mass is 16.3. The minimum Gasteiger partial charge on any atom is -0.393 e. The number of ketones is 1. The van der Waals surface area contributed by atoms with E-state index in [4.69, 9.17) is 4.98 Å². The van der Waals surface area contributed by atoms with Crippen molar-refractivity contribution in [2.75, 3.05) is 18.0 Å². The molecule has 5 heteroatoms. The number of aryl methyl sites for hydroxylation is 1. The number of anilines is 1. The highest BCUT2D eigenvalue weighted by molar-refractivity contribution is 6.08. The van der Waals surface area contributed by atoms with Crippen molar-refractivity contribution in [2.24, 2.45) is 0 Å². The van der Waals surface area contributed by atoms with Gasteiger partial charge in [-0.2, -0.15) is 0 Å². The summed E-state index contributed by atoms with van der Waals surface area (Å²) < 4.78 is 2.17. The van der Waals surface area contributed by atoms with E-state index in [1.807, 2.05) is 18.2 Å². The third kappa shape index (κ3) is 1.66.